The molecular weight excluding hydrogens is 484 g/mol. The number of hydrogen-bond acceptors (Lipinski definition) is 1. The third-order valence-corrected chi connectivity index (χ3v) is 9.40. The molecule has 0 N–H and O–H groups in total. The Morgan fingerprint density at radius 1 is 0.525 bits per heavy atom. The first kappa shape index (κ1) is 23.3. The number of hydrogen-bond donors (Lipinski definition) is 0. The minimum Gasteiger partial charge on any atom is -0.457 e. The van der Waals surface area contributed by atoms with Gasteiger partial charge in [-0.25, -0.2) is 0 Å². The van der Waals surface area contributed by atoms with Crippen LogP contribution in [0.2, 0.25) is 0 Å². The summed E-state index contributed by atoms with van der Waals surface area (Å²) in [7, 11) is 0. The summed E-state index contributed by atoms with van der Waals surface area (Å²) in [5, 5.41) is 2.62. The summed E-state index contributed by atoms with van der Waals surface area (Å²) < 4.78 is 6.59. The van der Waals surface area contributed by atoms with Gasteiger partial charge < -0.3 is 4.74 Å². The van der Waals surface area contributed by atoms with Crippen molar-refractivity contribution >= 4 is 10.8 Å². The molecule has 192 valence electrons. The van der Waals surface area contributed by atoms with Crippen molar-refractivity contribution in [2.45, 2.75) is 31.6 Å². The maximum Gasteiger partial charge on any atom is 0.132 e. The van der Waals surface area contributed by atoms with Crippen LogP contribution in [-0.2, 0) is 10.8 Å². The Morgan fingerprint density at radius 3 is 2.15 bits per heavy atom. The highest BCUT2D eigenvalue weighted by molar-refractivity contribution is 6.03. The fourth-order valence-electron chi connectivity index (χ4n) is 7.34. The van der Waals surface area contributed by atoms with E-state index in [1.807, 2.05) is 0 Å². The summed E-state index contributed by atoms with van der Waals surface area (Å²) in [6.07, 6.45) is 0. The lowest BCUT2D eigenvalue weighted by molar-refractivity contribution is 0.428. The SMILES string of the molecule is CC1(C)c2cc(-c3cccc4c3C(C)(c3ccccc3)c3ccccc3O4)ccc2-c2c1ccc1ccccc21. The molecule has 0 saturated carbocycles. The lowest BCUT2D eigenvalue weighted by Gasteiger charge is -2.39. The van der Waals surface area contributed by atoms with Crippen molar-refractivity contribution in [1.29, 1.82) is 0 Å². The third kappa shape index (κ3) is 3.04. The molecule has 0 fully saturated rings. The van der Waals surface area contributed by atoms with E-state index >= 15 is 0 Å². The molecule has 2 aliphatic rings. The molecule has 8 rings (SSSR count). The maximum absolute atomic E-state index is 6.59. The average molecular weight is 515 g/mol. The quantitative estimate of drug-likeness (QED) is 0.223. The van der Waals surface area contributed by atoms with Crippen LogP contribution in [0.15, 0.2) is 127 Å². The predicted molar refractivity (Wildman–Crippen MR) is 165 cm³/mol. The van der Waals surface area contributed by atoms with Crippen LogP contribution < -0.4 is 4.74 Å². The second kappa shape index (κ2) is 8.19. The zero-order chi connectivity index (χ0) is 27.1. The minimum absolute atomic E-state index is 0.0919. The molecule has 0 radical (unpaired) electrons. The van der Waals surface area contributed by atoms with E-state index in [4.69, 9.17) is 4.74 Å². The van der Waals surface area contributed by atoms with Gasteiger partial charge in [-0.2, -0.15) is 0 Å². The topological polar surface area (TPSA) is 9.23 Å². The van der Waals surface area contributed by atoms with Gasteiger partial charge in [-0.15, -0.1) is 0 Å². The van der Waals surface area contributed by atoms with E-state index in [1.165, 1.54) is 60.8 Å². The monoisotopic (exact) mass is 514 g/mol. The Labute approximate surface area is 235 Å². The molecule has 1 atom stereocenters. The first-order chi connectivity index (χ1) is 19.5. The number of para-hydroxylation sites is 1. The van der Waals surface area contributed by atoms with Crippen molar-refractivity contribution in [3.8, 4) is 33.8 Å². The van der Waals surface area contributed by atoms with Gasteiger partial charge in [0.2, 0.25) is 0 Å². The van der Waals surface area contributed by atoms with Crippen LogP contribution in [0, 0.1) is 0 Å². The summed E-state index contributed by atoms with van der Waals surface area (Å²) in [6, 6.07) is 46.3. The van der Waals surface area contributed by atoms with E-state index in [0.717, 1.165) is 11.5 Å². The van der Waals surface area contributed by atoms with Gasteiger partial charge in [0.05, 0.1) is 5.41 Å². The van der Waals surface area contributed by atoms with Crippen LogP contribution in [-0.4, -0.2) is 0 Å². The van der Waals surface area contributed by atoms with Gasteiger partial charge in [0, 0.05) is 16.5 Å². The molecule has 0 saturated heterocycles. The molecule has 1 heteroatoms. The zero-order valence-electron chi connectivity index (χ0n) is 23.0. The zero-order valence-corrected chi connectivity index (χ0v) is 23.0. The van der Waals surface area contributed by atoms with Crippen molar-refractivity contribution in [1.82, 2.24) is 0 Å². The van der Waals surface area contributed by atoms with Crippen LogP contribution in [0.4, 0.5) is 0 Å². The standard InChI is InChI=1S/C39H30O/c1-38(2)32-23-21-25-12-7-8-15-28(25)36(32)30-22-20-26(24-33(30)38)29-16-11-19-35-37(29)39(3,27-13-5-4-6-14-27)31-17-9-10-18-34(31)40-35/h4-24H,1-3H3. The van der Waals surface area contributed by atoms with Crippen molar-refractivity contribution in [2.75, 3.05) is 0 Å². The minimum atomic E-state index is -0.365. The summed E-state index contributed by atoms with van der Waals surface area (Å²) in [6.45, 7) is 7.08. The highest BCUT2D eigenvalue weighted by Gasteiger charge is 2.42. The van der Waals surface area contributed by atoms with Crippen LogP contribution in [0.1, 0.15) is 48.6 Å². The first-order valence-corrected chi connectivity index (χ1v) is 14.1. The highest BCUT2D eigenvalue weighted by Crippen LogP contribution is 2.56. The number of benzene rings is 6. The molecule has 40 heavy (non-hydrogen) atoms. The van der Waals surface area contributed by atoms with E-state index in [1.54, 1.807) is 0 Å². The van der Waals surface area contributed by atoms with Crippen LogP contribution in [0.5, 0.6) is 11.5 Å². The molecule has 0 amide bonds. The second-order valence-electron chi connectivity index (χ2n) is 11.9. The van der Waals surface area contributed by atoms with Crippen LogP contribution in [0.25, 0.3) is 33.0 Å². The Kier molecular flexibility index (Phi) is 4.77. The van der Waals surface area contributed by atoms with E-state index < -0.39 is 0 Å². The van der Waals surface area contributed by atoms with Crippen molar-refractivity contribution in [3.05, 3.63) is 155 Å². The summed E-state index contributed by atoms with van der Waals surface area (Å²) >= 11 is 0. The van der Waals surface area contributed by atoms with Crippen molar-refractivity contribution in [2.24, 2.45) is 0 Å². The third-order valence-electron chi connectivity index (χ3n) is 9.40. The van der Waals surface area contributed by atoms with Gasteiger partial charge in [-0.1, -0.05) is 123 Å². The lowest BCUT2D eigenvalue weighted by Crippen LogP contribution is -2.30. The van der Waals surface area contributed by atoms with Gasteiger partial charge in [0.25, 0.3) is 0 Å². The van der Waals surface area contributed by atoms with Gasteiger partial charge in [-0.3, -0.25) is 0 Å². The Morgan fingerprint density at radius 2 is 1.27 bits per heavy atom. The molecule has 1 nitrogen and oxygen atoms in total. The summed E-state index contributed by atoms with van der Waals surface area (Å²) in [4.78, 5) is 0. The largest absolute Gasteiger partial charge is 0.457 e. The highest BCUT2D eigenvalue weighted by atomic mass is 16.5. The molecule has 1 unspecified atom stereocenters. The molecule has 0 spiro atoms. The predicted octanol–water partition coefficient (Wildman–Crippen LogP) is 10.3. The molecule has 6 aromatic rings. The number of ether oxygens (including phenoxy) is 1. The van der Waals surface area contributed by atoms with E-state index in [2.05, 4.69) is 148 Å². The average Bonchev–Trinajstić information content (AvgIpc) is 3.23. The molecule has 1 aliphatic carbocycles. The van der Waals surface area contributed by atoms with Crippen LogP contribution >= 0.6 is 0 Å². The van der Waals surface area contributed by atoms with Gasteiger partial charge in [0.1, 0.15) is 11.5 Å². The van der Waals surface area contributed by atoms with Crippen molar-refractivity contribution in [3.63, 3.8) is 0 Å². The summed E-state index contributed by atoms with van der Waals surface area (Å²) in [5.74, 6) is 1.85. The smallest absolute Gasteiger partial charge is 0.132 e. The molecule has 1 aliphatic heterocycles. The lowest BCUT2D eigenvalue weighted by atomic mass is 9.67. The second-order valence-corrected chi connectivity index (χ2v) is 11.9. The van der Waals surface area contributed by atoms with E-state index in [-0.39, 0.29) is 10.8 Å². The molecule has 0 bridgehead atoms. The van der Waals surface area contributed by atoms with E-state index in [0.29, 0.717) is 0 Å². The normalized spacial score (nSPS) is 17.9. The number of fused-ring (bicyclic) bond motifs is 7. The first-order valence-electron chi connectivity index (χ1n) is 14.1. The molecule has 6 aromatic carbocycles. The van der Waals surface area contributed by atoms with Gasteiger partial charge in [-0.05, 0) is 74.8 Å². The number of rotatable bonds is 2. The molecule has 1 heterocycles. The van der Waals surface area contributed by atoms with Crippen LogP contribution in [0.3, 0.4) is 0 Å². The Balaban J connectivity index is 1.38. The fraction of sp³-hybridized carbons (Fsp3) is 0.128. The van der Waals surface area contributed by atoms with E-state index in [9.17, 15) is 0 Å². The fourth-order valence-corrected chi connectivity index (χ4v) is 7.34. The Bertz CT molecular complexity index is 1960. The molecule has 0 aromatic heterocycles. The summed E-state index contributed by atoms with van der Waals surface area (Å²) in [5.41, 5.74) is 11.2. The molecular formula is C39H30O. The Hall–Kier alpha value is -4.62. The van der Waals surface area contributed by atoms with Gasteiger partial charge in [0.15, 0.2) is 0 Å². The van der Waals surface area contributed by atoms with Crippen molar-refractivity contribution < 1.29 is 4.74 Å². The maximum atomic E-state index is 6.59. The van der Waals surface area contributed by atoms with Gasteiger partial charge >= 0.3 is 0 Å².